The van der Waals surface area contributed by atoms with E-state index in [1.54, 1.807) is 12.3 Å². The van der Waals surface area contributed by atoms with E-state index in [0.717, 1.165) is 12.8 Å². The summed E-state index contributed by atoms with van der Waals surface area (Å²) in [5.74, 6) is -0.950. The highest BCUT2D eigenvalue weighted by Gasteiger charge is 2.11. The van der Waals surface area contributed by atoms with Gasteiger partial charge >= 0.3 is 5.97 Å². The Kier molecular flexibility index (Phi) is 4.09. The maximum absolute atomic E-state index is 10.9. The summed E-state index contributed by atoms with van der Waals surface area (Å²) in [6, 6.07) is 1.96. The van der Waals surface area contributed by atoms with Crippen LogP contribution in [0.4, 0.5) is 5.69 Å². The zero-order chi connectivity index (χ0) is 11.3. The Labute approximate surface area is 89.3 Å². The second-order valence-corrected chi connectivity index (χ2v) is 3.56. The van der Waals surface area contributed by atoms with Crippen molar-refractivity contribution in [1.29, 1.82) is 0 Å². The first-order chi connectivity index (χ1) is 7.15. The van der Waals surface area contributed by atoms with Gasteiger partial charge in [0.2, 0.25) is 0 Å². The molecule has 0 saturated carbocycles. The number of anilines is 1. The van der Waals surface area contributed by atoms with Crippen LogP contribution in [0.3, 0.4) is 0 Å². The van der Waals surface area contributed by atoms with Gasteiger partial charge < -0.3 is 10.4 Å². The average molecular weight is 208 g/mol. The van der Waals surface area contributed by atoms with Gasteiger partial charge in [-0.2, -0.15) is 0 Å². The van der Waals surface area contributed by atoms with Crippen molar-refractivity contribution in [1.82, 2.24) is 4.98 Å². The first kappa shape index (κ1) is 11.5. The summed E-state index contributed by atoms with van der Waals surface area (Å²) in [5.41, 5.74) is 0.860. The van der Waals surface area contributed by atoms with Crippen molar-refractivity contribution < 1.29 is 9.90 Å². The number of nitrogens with zero attached hydrogens (tertiary/aromatic N) is 1. The number of carbonyl (C=O) groups is 1. The standard InChI is InChI=1S/C11H16N2O2/c1-3-4-8(2)13-10-5-6-12-7-9(10)11(14)15/h5-8H,3-4H2,1-2H3,(H,12,13)(H,14,15). The molecule has 0 saturated heterocycles. The molecule has 0 spiro atoms. The van der Waals surface area contributed by atoms with Gasteiger partial charge in [0.05, 0.1) is 5.69 Å². The molecule has 0 aliphatic rings. The highest BCUT2D eigenvalue weighted by molar-refractivity contribution is 5.93. The number of pyridine rings is 1. The highest BCUT2D eigenvalue weighted by Crippen LogP contribution is 2.15. The summed E-state index contributed by atoms with van der Waals surface area (Å²) in [6.45, 7) is 4.14. The number of rotatable bonds is 5. The molecule has 1 atom stereocenters. The lowest BCUT2D eigenvalue weighted by Crippen LogP contribution is -2.17. The summed E-state index contributed by atoms with van der Waals surface area (Å²) in [5, 5.41) is 12.1. The minimum Gasteiger partial charge on any atom is -0.478 e. The van der Waals surface area contributed by atoms with E-state index in [-0.39, 0.29) is 11.6 Å². The Hall–Kier alpha value is -1.58. The molecule has 1 aromatic heterocycles. The second kappa shape index (κ2) is 5.34. The van der Waals surface area contributed by atoms with E-state index in [0.29, 0.717) is 5.69 Å². The molecule has 2 N–H and O–H groups in total. The summed E-state index contributed by atoms with van der Waals surface area (Å²) in [4.78, 5) is 14.7. The van der Waals surface area contributed by atoms with Crippen molar-refractivity contribution in [2.75, 3.05) is 5.32 Å². The van der Waals surface area contributed by atoms with Crippen molar-refractivity contribution in [2.24, 2.45) is 0 Å². The maximum Gasteiger partial charge on any atom is 0.339 e. The lowest BCUT2D eigenvalue weighted by molar-refractivity contribution is 0.0697. The number of carboxylic acid groups (broad SMARTS) is 1. The van der Waals surface area contributed by atoms with Gasteiger partial charge in [0.1, 0.15) is 5.56 Å². The topological polar surface area (TPSA) is 62.2 Å². The lowest BCUT2D eigenvalue weighted by atomic mass is 10.1. The predicted molar refractivity (Wildman–Crippen MR) is 59.2 cm³/mol. The Balaban J connectivity index is 2.79. The molecule has 1 unspecified atom stereocenters. The van der Waals surface area contributed by atoms with E-state index in [1.165, 1.54) is 6.20 Å². The molecular weight excluding hydrogens is 192 g/mol. The fourth-order valence-electron chi connectivity index (χ4n) is 1.46. The number of carboxylic acids is 1. The van der Waals surface area contributed by atoms with E-state index in [4.69, 9.17) is 5.11 Å². The Bertz CT molecular complexity index is 339. The zero-order valence-corrected chi connectivity index (χ0v) is 9.03. The fraction of sp³-hybridized carbons (Fsp3) is 0.455. The third-order valence-electron chi connectivity index (χ3n) is 2.18. The molecule has 15 heavy (non-hydrogen) atoms. The minimum atomic E-state index is -0.950. The van der Waals surface area contributed by atoms with Crippen LogP contribution in [0.15, 0.2) is 18.5 Å². The summed E-state index contributed by atoms with van der Waals surface area (Å²) < 4.78 is 0. The van der Waals surface area contributed by atoms with Gasteiger partial charge in [-0.1, -0.05) is 13.3 Å². The molecule has 0 bridgehead atoms. The molecule has 1 aromatic rings. The Morgan fingerprint density at radius 3 is 3.00 bits per heavy atom. The van der Waals surface area contributed by atoms with Crippen LogP contribution in [-0.4, -0.2) is 22.1 Å². The van der Waals surface area contributed by atoms with Gasteiger partial charge in [0.25, 0.3) is 0 Å². The van der Waals surface area contributed by atoms with E-state index in [1.807, 2.05) is 6.92 Å². The average Bonchev–Trinajstić information content (AvgIpc) is 2.18. The SMILES string of the molecule is CCCC(C)Nc1ccncc1C(=O)O. The molecule has 1 heterocycles. The number of nitrogens with one attached hydrogen (secondary N) is 1. The molecular formula is C11H16N2O2. The predicted octanol–water partition coefficient (Wildman–Crippen LogP) is 2.38. The molecule has 0 fully saturated rings. The monoisotopic (exact) mass is 208 g/mol. The summed E-state index contributed by atoms with van der Waals surface area (Å²) >= 11 is 0. The van der Waals surface area contributed by atoms with Crippen molar-refractivity contribution in [2.45, 2.75) is 32.7 Å². The van der Waals surface area contributed by atoms with E-state index < -0.39 is 5.97 Å². The highest BCUT2D eigenvalue weighted by atomic mass is 16.4. The van der Waals surface area contributed by atoms with Gasteiger partial charge in [-0.05, 0) is 19.4 Å². The molecule has 0 aliphatic carbocycles. The molecule has 4 heteroatoms. The zero-order valence-electron chi connectivity index (χ0n) is 9.03. The largest absolute Gasteiger partial charge is 0.478 e. The summed E-state index contributed by atoms with van der Waals surface area (Å²) in [7, 11) is 0. The van der Waals surface area contributed by atoms with Gasteiger partial charge in [-0.15, -0.1) is 0 Å². The van der Waals surface area contributed by atoms with Crippen molar-refractivity contribution in [3.63, 3.8) is 0 Å². The molecule has 82 valence electrons. The minimum absolute atomic E-state index is 0.223. The van der Waals surface area contributed by atoms with Crippen LogP contribution in [0.5, 0.6) is 0 Å². The number of hydrogen-bond donors (Lipinski definition) is 2. The first-order valence-electron chi connectivity index (χ1n) is 5.09. The Morgan fingerprint density at radius 2 is 2.40 bits per heavy atom. The molecule has 1 rings (SSSR count). The second-order valence-electron chi connectivity index (χ2n) is 3.56. The van der Waals surface area contributed by atoms with Crippen molar-refractivity contribution in [3.8, 4) is 0 Å². The number of aromatic carboxylic acids is 1. The maximum atomic E-state index is 10.9. The third kappa shape index (κ3) is 3.23. The Morgan fingerprint density at radius 1 is 1.67 bits per heavy atom. The van der Waals surface area contributed by atoms with Gasteiger partial charge in [-0.25, -0.2) is 4.79 Å². The van der Waals surface area contributed by atoms with Gasteiger partial charge in [0, 0.05) is 18.4 Å². The molecule has 0 aromatic carbocycles. The van der Waals surface area contributed by atoms with Crippen LogP contribution in [0.2, 0.25) is 0 Å². The quantitative estimate of drug-likeness (QED) is 0.779. The van der Waals surface area contributed by atoms with Crippen LogP contribution in [0.25, 0.3) is 0 Å². The van der Waals surface area contributed by atoms with Gasteiger partial charge in [-0.3, -0.25) is 4.98 Å². The lowest BCUT2D eigenvalue weighted by Gasteiger charge is -2.15. The molecule has 0 aliphatic heterocycles. The summed E-state index contributed by atoms with van der Waals surface area (Å²) in [6.07, 6.45) is 5.04. The first-order valence-corrected chi connectivity index (χ1v) is 5.09. The smallest absolute Gasteiger partial charge is 0.339 e. The third-order valence-corrected chi connectivity index (χ3v) is 2.18. The van der Waals surface area contributed by atoms with Gasteiger partial charge in [0.15, 0.2) is 0 Å². The van der Waals surface area contributed by atoms with Crippen LogP contribution in [0, 0.1) is 0 Å². The molecule has 0 radical (unpaired) electrons. The molecule has 0 amide bonds. The van der Waals surface area contributed by atoms with Crippen LogP contribution >= 0.6 is 0 Å². The van der Waals surface area contributed by atoms with Crippen molar-refractivity contribution >= 4 is 11.7 Å². The fourth-order valence-corrected chi connectivity index (χ4v) is 1.46. The number of hydrogen-bond acceptors (Lipinski definition) is 3. The van der Waals surface area contributed by atoms with E-state index in [9.17, 15) is 4.79 Å². The number of aromatic nitrogens is 1. The van der Waals surface area contributed by atoms with E-state index in [2.05, 4.69) is 17.2 Å². The normalized spacial score (nSPS) is 12.1. The van der Waals surface area contributed by atoms with Crippen molar-refractivity contribution in [3.05, 3.63) is 24.0 Å². The van der Waals surface area contributed by atoms with Crippen LogP contribution < -0.4 is 5.32 Å². The van der Waals surface area contributed by atoms with Crippen LogP contribution in [0.1, 0.15) is 37.0 Å². The molecule has 4 nitrogen and oxygen atoms in total. The van der Waals surface area contributed by atoms with Crippen LogP contribution in [-0.2, 0) is 0 Å². The van der Waals surface area contributed by atoms with E-state index >= 15 is 0 Å².